The zero-order valence-corrected chi connectivity index (χ0v) is 17.2. The van der Waals surface area contributed by atoms with Crippen molar-refractivity contribution in [1.29, 1.82) is 5.26 Å². The van der Waals surface area contributed by atoms with E-state index in [1.807, 2.05) is 37.3 Å². The second-order valence-corrected chi connectivity index (χ2v) is 8.21. The highest BCUT2D eigenvalue weighted by molar-refractivity contribution is 5.96. The molecule has 144 valence electrons. The van der Waals surface area contributed by atoms with Crippen molar-refractivity contribution in [3.8, 4) is 6.07 Å². The Morgan fingerprint density at radius 1 is 1.19 bits per heavy atom. The number of benzene rings is 1. The van der Waals surface area contributed by atoms with Gasteiger partial charge in [-0.2, -0.15) is 5.26 Å². The molecule has 0 saturated carbocycles. The van der Waals surface area contributed by atoms with Gasteiger partial charge in [0.2, 0.25) is 0 Å². The normalized spacial score (nSPS) is 18.0. The third kappa shape index (κ3) is 5.63. The van der Waals surface area contributed by atoms with Crippen molar-refractivity contribution < 1.29 is 4.79 Å². The van der Waals surface area contributed by atoms with Gasteiger partial charge >= 0.3 is 0 Å². The lowest BCUT2D eigenvalue weighted by atomic mass is 9.82. The summed E-state index contributed by atoms with van der Waals surface area (Å²) in [5.41, 5.74) is 4.06. The Morgan fingerprint density at radius 2 is 1.78 bits per heavy atom. The summed E-state index contributed by atoms with van der Waals surface area (Å²) < 4.78 is 0. The molecule has 0 radical (unpaired) electrons. The first-order valence-corrected chi connectivity index (χ1v) is 9.53. The molecule has 0 N–H and O–H groups in total. The molecule has 0 spiro atoms. The molecule has 1 aromatic rings. The van der Waals surface area contributed by atoms with Crippen LogP contribution in [-0.2, 0) is 4.79 Å². The number of nitrogens with zero attached hydrogens (tertiary/aromatic N) is 3. The number of aldehydes is 1. The second kappa shape index (κ2) is 9.12. The lowest BCUT2D eigenvalue weighted by molar-refractivity contribution is -0.104. The zero-order valence-electron chi connectivity index (χ0n) is 17.2. The average Bonchev–Trinajstić information content (AvgIpc) is 2.64. The molecule has 1 aromatic carbocycles. The van der Waals surface area contributed by atoms with E-state index in [9.17, 15) is 10.1 Å². The summed E-state index contributed by atoms with van der Waals surface area (Å²) in [6.45, 7) is 13.9. The van der Waals surface area contributed by atoms with E-state index < -0.39 is 0 Å². The maximum absolute atomic E-state index is 11.5. The summed E-state index contributed by atoms with van der Waals surface area (Å²) in [6, 6.07) is 10.0. The molecule has 1 heterocycles. The first kappa shape index (κ1) is 21.1. The van der Waals surface area contributed by atoms with E-state index in [1.165, 1.54) is 5.57 Å². The molecule has 0 aliphatic carbocycles. The van der Waals surface area contributed by atoms with Crippen molar-refractivity contribution >= 4 is 11.9 Å². The van der Waals surface area contributed by atoms with E-state index in [2.05, 4.69) is 43.7 Å². The smallest absolute Gasteiger partial charge is 0.161 e. The van der Waals surface area contributed by atoms with Crippen molar-refractivity contribution in [2.24, 2.45) is 5.41 Å². The Labute approximate surface area is 163 Å². The van der Waals surface area contributed by atoms with Gasteiger partial charge < -0.3 is 4.90 Å². The van der Waals surface area contributed by atoms with E-state index >= 15 is 0 Å². The van der Waals surface area contributed by atoms with E-state index in [-0.39, 0.29) is 11.0 Å². The van der Waals surface area contributed by atoms with Crippen LogP contribution in [0.4, 0.5) is 0 Å². The third-order valence-corrected chi connectivity index (χ3v) is 5.53. The van der Waals surface area contributed by atoms with Crippen LogP contribution in [0.3, 0.4) is 0 Å². The molecule has 0 aromatic heterocycles. The summed E-state index contributed by atoms with van der Waals surface area (Å²) in [4.78, 5) is 16.3. The van der Waals surface area contributed by atoms with Gasteiger partial charge in [-0.3, -0.25) is 9.69 Å². The number of nitriles is 1. The van der Waals surface area contributed by atoms with Gasteiger partial charge in [0.05, 0.1) is 5.57 Å². The maximum atomic E-state index is 11.5. The molecule has 0 bridgehead atoms. The molecule has 1 aliphatic rings. The average molecular weight is 366 g/mol. The van der Waals surface area contributed by atoms with Gasteiger partial charge in [0.1, 0.15) is 6.07 Å². The molecule has 0 atom stereocenters. The molecule has 4 nitrogen and oxygen atoms in total. The highest BCUT2D eigenvalue weighted by Gasteiger charge is 2.26. The lowest BCUT2D eigenvalue weighted by Crippen LogP contribution is -2.47. The number of carbonyl (C=O) groups is 1. The highest BCUT2D eigenvalue weighted by atomic mass is 16.1. The summed E-state index contributed by atoms with van der Waals surface area (Å²) in [6.07, 6.45) is 2.68. The summed E-state index contributed by atoms with van der Waals surface area (Å²) >= 11 is 0. The van der Waals surface area contributed by atoms with Crippen LogP contribution in [-0.4, -0.2) is 55.9 Å². The van der Waals surface area contributed by atoms with Crippen LogP contribution in [0.1, 0.15) is 31.9 Å². The SMILES string of the molecule is C/C(=C\C(=C(\C#N)C=O)c1ccc(C)cc1)C(C)(C)CN1CCN(C)CC1. The van der Waals surface area contributed by atoms with E-state index in [0.29, 0.717) is 11.9 Å². The molecule has 1 fully saturated rings. The van der Waals surface area contributed by atoms with Gasteiger partial charge in [-0.15, -0.1) is 0 Å². The largest absolute Gasteiger partial charge is 0.304 e. The monoisotopic (exact) mass is 365 g/mol. The minimum absolute atomic E-state index is 0.0463. The number of carbonyl (C=O) groups excluding carboxylic acids is 1. The Hall–Kier alpha value is -2.22. The topological polar surface area (TPSA) is 47.3 Å². The Balaban J connectivity index is 2.31. The predicted molar refractivity (Wildman–Crippen MR) is 111 cm³/mol. The van der Waals surface area contributed by atoms with Crippen molar-refractivity contribution in [2.75, 3.05) is 39.8 Å². The van der Waals surface area contributed by atoms with Gasteiger partial charge in [0.25, 0.3) is 0 Å². The molecule has 1 saturated heterocycles. The minimum Gasteiger partial charge on any atom is -0.304 e. The fraction of sp³-hybridized carbons (Fsp3) is 0.478. The lowest BCUT2D eigenvalue weighted by Gasteiger charge is -2.38. The van der Waals surface area contributed by atoms with Crippen LogP contribution < -0.4 is 0 Å². The number of piperazine rings is 1. The number of hydrogen-bond donors (Lipinski definition) is 0. The Kier molecular flexibility index (Phi) is 7.12. The molecule has 0 unspecified atom stereocenters. The number of aryl methyl sites for hydroxylation is 1. The summed E-state index contributed by atoms with van der Waals surface area (Å²) in [5.74, 6) is 0. The van der Waals surface area contributed by atoms with Gasteiger partial charge in [-0.1, -0.05) is 55.3 Å². The first-order valence-electron chi connectivity index (χ1n) is 9.53. The fourth-order valence-electron chi connectivity index (χ4n) is 3.30. The predicted octanol–water partition coefficient (Wildman–Crippen LogP) is 3.69. The van der Waals surface area contributed by atoms with E-state index in [1.54, 1.807) is 0 Å². The Morgan fingerprint density at radius 3 is 2.30 bits per heavy atom. The van der Waals surface area contributed by atoms with Gasteiger partial charge in [0, 0.05) is 38.3 Å². The molecule has 2 rings (SSSR count). The van der Waals surface area contributed by atoms with Crippen LogP contribution in [0.2, 0.25) is 0 Å². The number of allylic oxidation sites excluding steroid dienone is 3. The Bertz CT molecular complexity index is 758. The standard InChI is InChI=1S/C23H31N3O/c1-18-6-8-20(9-7-18)22(21(15-24)16-27)14-19(2)23(3,4)17-26-12-10-25(5)11-13-26/h6-9,14,16H,10-13,17H2,1-5H3/b19-14+,22-21+. The third-order valence-electron chi connectivity index (χ3n) is 5.53. The van der Waals surface area contributed by atoms with Crippen LogP contribution in [0.15, 0.2) is 41.5 Å². The van der Waals surface area contributed by atoms with Crippen LogP contribution in [0.5, 0.6) is 0 Å². The van der Waals surface area contributed by atoms with Crippen molar-refractivity contribution in [3.63, 3.8) is 0 Å². The van der Waals surface area contributed by atoms with Gasteiger partial charge in [0.15, 0.2) is 6.29 Å². The molecule has 27 heavy (non-hydrogen) atoms. The molecule has 1 aliphatic heterocycles. The van der Waals surface area contributed by atoms with Crippen LogP contribution >= 0.6 is 0 Å². The minimum atomic E-state index is -0.0463. The molecule has 4 heteroatoms. The summed E-state index contributed by atoms with van der Waals surface area (Å²) in [5, 5.41) is 9.43. The van der Waals surface area contributed by atoms with Gasteiger partial charge in [-0.25, -0.2) is 0 Å². The second-order valence-electron chi connectivity index (χ2n) is 8.21. The summed E-state index contributed by atoms with van der Waals surface area (Å²) in [7, 11) is 2.16. The van der Waals surface area contributed by atoms with E-state index in [0.717, 1.165) is 43.9 Å². The van der Waals surface area contributed by atoms with Gasteiger partial charge in [-0.05, 0) is 31.9 Å². The molecule has 0 amide bonds. The molecular weight excluding hydrogens is 334 g/mol. The maximum Gasteiger partial charge on any atom is 0.161 e. The van der Waals surface area contributed by atoms with E-state index in [4.69, 9.17) is 0 Å². The zero-order chi connectivity index (χ0) is 20.0. The van der Waals surface area contributed by atoms with Crippen molar-refractivity contribution in [3.05, 3.63) is 52.6 Å². The van der Waals surface area contributed by atoms with Crippen LogP contribution in [0.25, 0.3) is 5.57 Å². The van der Waals surface area contributed by atoms with Crippen LogP contribution in [0, 0.1) is 23.7 Å². The van der Waals surface area contributed by atoms with Crippen molar-refractivity contribution in [2.45, 2.75) is 27.7 Å². The number of likely N-dealkylation sites (N-methyl/N-ethyl adjacent to an activating group) is 1. The fourth-order valence-corrected chi connectivity index (χ4v) is 3.30. The number of rotatable bonds is 6. The first-order chi connectivity index (χ1) is 12.8. The quantitative estimate of drug-likeness (QED) is 0.334. The molecular formula is C23H31N3O. The van der Waals surface area contributed by atoms with Crippen molar-refractivity contribution in [1.82, 2.24) is 9.80 Å². The highest BCUT2D eigenvalue weighted by Crippen LogP contribution is 2.31. The number of hydrogen-bond acceptors (Lipinski definition) is 4.